The van der Waals surface area contributed by atoms with Gasteiger partial charge in [-0.1, -0.05) is 20.8 Å². The van der Waals surface area contributed by atoms with Gasteiger partial charge in [0.2, 0.25) is 0 Å². The predicted molar refractivity (Wildman–Crippen MR) is 47.6 cm³/mol. The van der Waals surface area contributed by atoms with E-state index < -0.39 is 0 Å². The Bertz CT molecular complexity index is 130. The average molecular weight is 158 g/mol. The van der Waals surface area contributed by atoms with Crippen molar-refractivity contribution in [3.63, 3.8) is 0 Å². The lowest BCUT2D eigenvalue weighted by molar-refractivity contribution is 0.415. The number of hydrogen-bond acceptors (Lipinski definition) is 3. The van der Waals surface area contributed by atoms with Gasteiger partial charge in [-0.15, -0.1) is 0 Å². The molecule has 4 nitrogen and oxygen atoms in total. The second-order valence-corrected chi connectivity index (χ2v) is 2.84. The topological polar surface area (TPSA) is 67.6 Å². The van der Waals surface area contributed by atoms with Gasteiger partial charge < -0.3 is 5.84 Å². The number of rotatable bonds is 3. The van der Waals surface area contributed by atoms with Crippen LogP contribution in [0.4, 0.5) is 0 Å². The molecule has 0 radical (unpaired) electrons. The number of hydrazine groups is 1. The van der Waals surface area contributed by atoms with E-state index in [2.05, 4.69) is 12.0 Å². The zero-order chi connectivity index (χ0) is 8.85. The van der Waals surface area contributed by atoms with Crippen LogP contribution in [0, 0.1) is 5.92 Å². The zero-order valence-electron chi connectivity index (χ0n) is 7.54. The highest BCUT2D eigenvalue weighted by molar-refractivity contribution is 5.83. The van der Waals surface area contributed by atoms with Crippen molar-refractivity contribution < 1.29 is 0 Å². The normalized spacial score (nSPS) is 12.3. The summed E-state index contributed by atoms with van der Waals surface area (Å²) in [6.45, 7) is 6.89. The number of hydrogen-bond donors (Lipinski definition) is 2. The molecule has 0 rings (SSSR count). The summed E-state index contributed by atoms with van der Waals surface area (Å²) in [5.41, 5.74) is 0. The molecule has 0 unspecified atom stereocenters. The van der Waals surface area contributed by atoms with E-state index in [4.69, 9.17) is 11.7 Å². The summed E-state index contributed by atoms with van der Waals surface area (Å²) in [6.07, 6.45) is 1.00. The van der Waals surface area contributed by atoms with Gasteiger partial charge >= 0.3 is 0 Å². The first-order valence-electron chi connectivity index (χ1n) is 3.93. The second-order valence-electron chi connectivity index (χ2n) is 2.84. The SMILES string of the molecule is CCCN(N)/C(=N\N)C(C)C. The summed E-state index contributed by atoms with van der Waals surface area (Å²) in [6, 6.07) is 0. The third kappa shape index (κ3) is 3.23. The van der Waals surface area contributed by atoms with Crippen molar-refractivity contribution >= 4 is 5.84 Å². The van der Waals surface area contributed by atoms with Crippen molar-refractivity contribution in [1.82, 2.24) is 5.01 Å². The van der Waals surface area contributed by atoms with Crippen LogP contribution in [-0.4, -0.2) is 17.4 Å². The summed E-state index contributed by atoms with van der Waals surface area (Å²) in [5, 5.41) is 5.23. The lowest BCUT2D eigenvalue weighted by Gasteiger charge is -2.21. The van der Waals surface area contributed by atoms with Crippen LogP contribution in [-0.2, 0) is 0 Å². The van der Waals surface area contributed by atoms with Crippen LogP contribution < -0.4 is 11.7 Å². The predicted octanol–water partition coefficient (Wildman–Crippen LogP) is 0.500. The Morgan fingerprint density at radius 3 is 2.36 bits per heavy atom. The molecule has 0 saturated heterocycles. The van der Waals surface area contributed by atoms with E-state index in [-0.39, 0.29) is 5.92 Å². The molecule has 0 amide bonds. The van der Waals surface area contributed by atoms with Gasteiger partial charge in [0.1, 0.15) is 5.84 Å². The van der Waals surface area contributed by atoms with Crippen molar-refractivity contribution in [2.24, 2.45) is 22.7 Å². The largest absolute Gasteiger partial charge is 0.322 e. The van der Waals surface area contributed by atoms with Crippen LogP contribution in [0.5, 0.6) is 0 Å². The first-order chi connectivity index (χ1) is 5.13. The van der Waals surface area contributed by atoms with E-state index in [1.807, 2.05) is 13.8 Å². The molecule has 0 heterocycles. The third-order valence-electron chi connectivity index (χ3n) is 1.41. The molecular weight excluding hydrogens is 140 g/mol. The summed E-state index contributed by atoms with van der Waals surface area (Å²) < 4.78 is 0. The fourth-order valence-electron chi connectivity index (χ4n) is 0.910. The highest BCUT2D eigenvalue weighted by Crippen LogP contribution is 1.99. The van der Waals surface area contributed by atoms with Gasteiger partial charge in [0.05, 0.1) is 0 Å². The molecule has 4 N–H and O–H groups in total. The minimum absolute atomic E-state index is 0.288. The van der Waals surface area contributed by atoms with Gasteiger partial charge in [-0.25, -0.2) is 5.84 Å². The van der Waals surface area contributed by atoms with Crippen molar-refractivity contribution in [2.75, 3.05) is 6.54 Å². The van der Waals surface area contributed by atoms with Crippen molar-refractivity contribution in [3.8, 4) is 0 Å². The van der Waals surface area contributed by atoms with Crippen LogP contribution in [0.3, 0.4) is 0 Å². The smallest absolute Gasteiger partial charge is 0.141 e. The molecule has 0 aromatic carbocycles. The fourth-order valence-corrected chi connectivity index (χ4v) is 0.910. The lowest BCUT2D eigenvalue weighted by atomic mass is 10.2. The first kappa shape index (κ1) is 10.2. The van der Waals surface area contributed by atoms with Crippen molar-refractivity contribution in [3.05, 3.63) is 0 Å². The molecule has 0 aliphatic carbocycles. The molecule has 66 valence electrons. The van der Waals surface area contributed by atoms with Gasteiger partial charge in [0.15, 0.2) is 0 Å². The maximum atomic E-state index is 5.66. The third-order valence-corrected chi connectivity index (χ3v) is 1.41. The zero-order valence-corrected chi connectivity index (χ0v) is 7.54. The first-order valence-corrected chi connectivity index (χ1v) is 3.93. The molecule has 0 bridgehead atoms. The Labute approximate surface area is 68.2 Å². The fraction of sp³-hybridized carbons (Fsp3) is 0.857. The Morgan fingerprint density at radius 1 is 1.55 bits per heavy atom. The molecule has 0 aromatic heterocycles. The molecule has 0 fully saturated rings. The maximum absolute atomic E-state index is 5.66. The Hall–Kier alpha value is -0.770. The summed E-state index contributed by atoms with van der Waals surface area (Å²) in [5.74, 6) is 11.9. The van der Waals surface area contributed by atoms with E-state index in [9.17, 15) is 0 Å². The molecule has 0 atom stereocenters. The van der Waals surface area contributed by atoms with Crippen LogP contribution >= 0.6 is 0 Å². The molecule has 0 aliphatic rings. The number of nitrogens with zero attached hydrogens (tertiary/aromatic N) is 2. The minimum atomic E-state index is 0.288. The van der Waals surface area contributed by atoms with Gasteiger partial charge in [0.25, 0.3) is 0 Å². The Balaban J connectivity index is 4.04. The van der Waals surface area contributed by atoms with E-state index >= 15 is 0 Å². The van der Waals surface area contributed by atoms with Gasteiger partial charge in [-0.3, -0.25) is 5.01 Å². The van der Waals surface area contributed by atoms with E-state index in [0.717, 1.165) is 18.8 Å². The van der Waals surface area contributed by atoms with Crippen LogP contribution in [0.15, 0.2) is 5.10 Å². The summed E-state index contributed by atoms with van der Waals surface area (Å²) in [4.78, 5) is 0. The molecule has 0 aliphatic heterocycles. The van der Waals surface area contributed by atoms with Gasteiger partial charge in [0, 0.05) is 12.5 Å². The van der Waals surface area contributed by atoms with E-state index in [0.29, 0.717) is 0 Å². The van der Waals surface area contributed by atoms with Crippen molar-refractivity contribution in [2.45, 2.75) is 27.2 Å². The monoisotopic (exact) mass is 158 g/mol. The van der Waals surface area contributed by atoms with Gasteiger partial charge in [-0.05, 0) is 6.42 Å². The highest BCUT2D eigenvalue weighted by atomic mass is 15.4. The van der Waals surface area contributed by atoms with E-state index in [1.165, 1.54) is 0 Å². The molecular formula is C7H18N4. The van der Waals surface area contributed by atoms with E-state index in [1.54, 1.807) is 5.01 Å². The summed E-state index contributed by atoms with van der Waals surface area (Å²) in [7, 11) is 0. The quantitative estimate of drug-likeness (QED) is 0.272. The molecule has 4 heteroatoms. The minimum Gasteiger partial charge on any atom is -0.322 e. The Kier molecular flexibility index (Phi) is 4.61. The Morgan fingerprint density at radius 2 is 2.09 bits per heavy atom. The maximum Gasteiger partial charge on any atom is 0.141 e. The summed E-state index contributed by atoms with van der Waals surface area (Å²) >= 11 is 0. The average Bonchev–Trinajstić information content (AvgIpc) is 1.88. The lowest BCUT2D eigenvalue weighted by Crippen LogP contribution is -2.41. The molecule has 0 saturated carbocycles. The molecule has 0 aromatic rings. The van der Waals surface area contributed by atoms with Gasteiger partial charge in [-0.2, -0.15) is 5.10 Å². The van der Waals surface area contributed by atoms with Crippen molar-refractivity contribution in [1.29, 1.82) is 0 Å². The van der Waals surface area contributed by atoms with Crippen LogP contribution in [0.1, 0.15) is 27.2 Å². The second kappa shape index (κ2) is 4.96. The number of amidine groups is 1. The standard InChI is InChI=1S/C7H18N4/c1-4-5-11(9)7(10-8)6(2)3/h6H,4-5,8-9H2,1-3H3/b10-7-. The van der Waals surface area contributed by atoms with Crippen LogP contribution in [0.25, 0.3) is 0 Å². The molecule has 11 heavy (non-hydrogen) atoms. The number of nitrogens with two attached hydrogens (primary N) is 2. The number of hydrazone groups is 1. The van der Waals surface area contributed by atoms with Crippen LogP contribution in [0.2, 0.25) is 0 Å². The molecule has 0 spiro atoms. The highest BCUT2D eigenvalue weighted by Gasteiger charge is 2.09.